The van der Waals surface area contributed by atoms with Gasteiger partial charge in [0.05, 0.1) is 28.9 Å². The number of hydrogen-bond acceptors (Lipinski definition) is 7. The van der Waals surface area contributed by atoms with Crippen LogP contribution in [0.1, 0.15) is 41.2 Å². The molecule has 7 N–H and O–H groups in total. The fraction of sp³-hybridized carbons (Fsp3) is 0.219. The molecule has 2 aromatic heterocycles. The number of rotatable bonds is 8. The maximum absolute atomic E-state index is 12.6. The number of aldehydes is 1. The molecule has 0 aliphatic rings. The smallest absolute Gasteiger partial charge is 0.368 e. The zero-order chi connectivity index (χ0) is 35.4. The number of nitrogens with two attached hydrogens (primary N) is 3. The number of primary amides is 2. The third-order valence-electron chi connectivity index (χ3n) is 6.27. The minimum absolute atomic E-state index is 0. The van der Waals surface area contributed by atoms with Gasteiger partial charge in [-0.25, -0.2) is 0 Å². The van der Waals surface area contributed by atoms with Gasteiger partial charge in [-0.05, 0) is 84.6 Å². The molecule has 0 radical (unpaired) electrons. The Kier molecular flexibility index (Phi) is 15.8. The minimum Gasteiger partial charge on any atom is -0.368 e. The number of amides is 2. The van der Waals surface area contributed by atoms with Crippen LogP contribution < -0.4 is 22.5 Å². The highest BCUT2D eigenvalue weighted by molar-refractivity contribution is 5.85. The Morgan fingerprint density at radius 1 is 0.729 bits per heavy atom. The van der Waals surface area contributed by atoms with E-state index >= 15 is 0 Å². The van der Waals surface area contributed by atoms with Crippen molar-refractivity contribution in [3.8, 4) is 22.3 Å². The average Bonchev–Trinajstić information content (AvgIpc) is 3.03. The van der Waals surface area contributed by atoms with Crippen molar-refractivity contribution in [2.75, 3.05) is 0 Å². The van der Waals surface area contributed by atoms with Gasteiger partial charge in [0.25, 0.3) is 0 Å². The molecule has 0 bridgehead atoms. The second-order valence-corrected chi connectivity index (χ2v) is 9.97. The van der Waals surface area contributed by atoms with Crippen LogP contribution in [0.2, 0.25) is 0 Å². The molecule has 0 aliphatic carbocycles. The molecule has 4 aromatic rings. The van der Waals surface area contributed by atoms with Gasteiger partial charge in [0.1, 0.15) is 5.69 Å². The number of carbonyl (C=O) groups excluding carboxylic acids is 3. The van der Waals surface area contributed by atoms with Crippen LogP contribution in [0, 0.1) is 0 Å². The van der Waals surface area contributed by atoms with Crippen LogP contribution in [-0.2, 0) is 28.5 Å². The highest BCUT2D eigenvalue weighted by atomic mass is 35.5. The number of benzene rings is 2. The molecule has 258 valence electrons. The summed E-state index contributed by atoms with van der Waals surface area (Å²) < 4.78 is 74.9. The molecule has 16 heteroatoms. The minimum atomic E-state index is -4.35. The van der Waals surface area contributed by atoms with E-state index in [1.54, 1.807) is 38.2 Å². The maximum atomic E-state index is 12.6. The molecule has 2 aromatic carbocycles. The van der Waals surface area contributed by atoms with Crippen LogP contribution in [0.3, 0.4) is 0 Å². The molecule has 0 unspecified atom stereocenters. The maximum Gasteiger partial charge on any atom is 0.416 e. The lowest BCUT2D eigenvalue weighted by molar-refractivity contribution is -0.138. The fourth-order valence-corrected chi connectivity index (χ4v) is 3.51. The summed E-state index contributed by atoms with van der Waals surface area (Å²) in [5, 5.41) is 2.92. The molecule has 4 rings (SSSR count). The summed E-state index contributed by atoms with van der Waals surface area (Å²) in [5.41, 5.74) is 17.0. The Morgan fingerprint density at radius 2 is 1.15 bits per heavy atom. The molecule has 0 saturated heterocycles. The SMILES string of the molecule is C[C@@H](N)C(N)=O.C[C@@H](NCc1cc(-c2ccc(C(F)(F)F)cc2)ccn1)C(N)=O.Cl.O=Cc1cc(-c2ccc(C(F)(F)F)cc2)ccn1. The van der Waals surface area contributed by atoms with E-state index in [4.69, 9.17) is 11.5 Å². The first kappa shape index (κ1) is 41.2. The van der Waals surface area contributed by atoms with Gasteiger partial charge in [-0.15, -0.1) is 12.4 Å². The number of pyridine rings is 2. The van der Waals surface area contributed by atoms with E-state index in [-0.39, 0.29) is 18.1 Å². The predicted octanol–water partition coefficient (Wildman–Crippen LogP) is 5.55. The average molecular weight is 699 g/mol. The van der Waals surface area contributed by atoms with Gasteiger partial charge >= 0.3 is 12.4 Å². The van der Waals surface area contributed by atoms with Crippen molar-refractivity contribution in [1.82, 2.24) is 15.3 Å². The van der Waals surface area contributed by atoms with E-state index in [0.717, 1.165) is 29.8 Å². The van der Waals surface area contributed by atoms with Gasteiger partial charge < -0.3 is 22.5 Å². The second-order valence-electron chi connectivity index (χ2n) is 9.97. The van der Waals surface area contributed by atoms with Crippen LogP contribution in [0.4, 0.5) is 26.3 Å². The van der Waals surface area contributed by atoms with Crippen molar-refractivity contribution < 1.29 is 40.7 Å². The van der Waals surface area contributed by atoms with Gasteiger partial charge in [-0.3, -0.25) is 24.4 Å². The summed E-state index contributed by atoms with van der Waals surface area (Å²) in [6.45, 7) is 3.52. The lowest BCUT2D eigenvalue weighted by Crippen LogP contribution is -2.38. The zero-order valence-corrected chi connectivity index (χ0v) is 26.4. The van der Waals surface area contributed by atoms with Gasteiger partial charge in [0.2, 0.25) is 11.8 Å². The van der Waals surface area contributed by atoms with Crippen LogP contribution in [-0.4, -0.2) is 40.2 Å². The van der Waals surface area contributed by atoms with Crippen molar-refractivity contribution in [3.63, 3.8) is 0 Å². The van der Waals surface area contributed by atoms with Crippen molar-refractivity contribution in [1.29, 1.82) is 0 Å². The van der Waals surface area contributed by atoms with Gasteiger partial charge in [0, 0.05) is 18.9 Å². The molecule has 0 spiro atoms. The first-order valence-corrected chi connectivity index (χ1v) is 13.7. The summed E-state index contributed by atoms with van der Waals surface area (Å²) in [6, 6.07) is 15.3. The van der Waals surface area contributed by atoms with E-state index in [9.17, 15) is 40.7 Å². The van der Waals surface area contributed by atoms with Crippen molar-refractivity contribution in [2.24, 2.45) is 17.2 Å². The number of carbonyl (C=O) groups is 3. The van der Waals surface area contributed by atoms with E-state index in [1.807, 2.05) is 0 Å². The van der Waals surface area contributed by atoms with E-state index < -0.39 is 47.4 Å². The van der Waals surface area contributed by atoms with E-state index in [0.29, 0.717) is 35.2 Å². The first-order valence-electron chi connectivity index (χ1n) is 13.7. The van der Waals surface area contributed by atoms with Crippen molar-refractivity contribution in [3.05, 3.63) is 108 Å². The highest BCUT2D eigenvalue weighted by Crippen LogP contribution is 2.32. The number of hydrogen-bond donors (Lipinski definition) is 4. The van der Waals surface area contributed by atoms with Crippen molar-refractivity contribution >= 4 is 30.5 Å². The standard InChI is InChI=1S/C16H16F3N3O.C13H8F3NO.C3H8N2O.ClH/c1-10(15(20)23)22-9-14-8-12(6-7-21-14)11-2-4-13(5-3-11)16(17,18)19;14-13(15,16)11-3-1-9(2-4-11)10-5-6-17-12(7-10)8-18;1-2(4)3(5)6;/h2-8,10,22H,9H2,1H3,(H2,20,23);1-8H;2H,4H2,1H3,(H2,5,6);1H/t10-;;2-;/m1.1./s1. The lowest BCUT2D eigenvalue weighted by atomic mass is 10.0. The summed E-state index contributed by atoms with van der Waals surface area (Å²) in [7, 11) is 0. The van der Waals surface area contributed by atoms with Crippen LogP contribution in [0.25, 0.3) is 22.3 Å². The fourth-order valence-electron chi connectivity index (χ4n) is 3.51. The summed E-state index contributed by atoms with van der Waals surface area (Å²) >= 11 is 0. The van der Waals surface area contributed by atoms with Crippen LogP contribution in [0.15, 0.2) is 85.2 Å². The molecule has 2 atom stereocenters. The van der Waals surface area contributed by atoms with Gasteiger partial charge in [-0.1, -0.05) is 24.3 Å². The molecule has 0 fully saturated rings. The zero-order valence-electron chi connectivity index (χ0n) is 25.5. The monoisotopic (exact) mass is 698 g/mol. The quantitative estimate of drug-likeness (QED) is 0.138. The largest absolute Gasteiger partial charge is 0.416 e. The number of alkyl halides is 6. The molecule has 0 aliphatic heterocycles. The summed E-state index contributed by atoms with van der Waals surface area (Å²) in [4.78, 5) is 39.3. The number of nitrogens with zero attached hydrogens (tertiary/aromatic N) is 2. The lowest BCUT2D eigenvalue weighted by Gasteiger charge is -2.11. The molecular formula is C32H33ClF6N6O3. The number of aromatic nitrogens is 2. The molecular weight excluding hydrogens is 666 g/mol. The third-order valence-corrected chi connectivity index (χ3v) is 6.27. The normalized spacial score (nSPS) is 12.1. The molecule has 2 heterocycles. The Morgan fingerprint density at radius 3 is 1.52 bits per heavy atom. The Labute approximate surface area is 278 Å². The third kappa shape index (κ3) is 13.5. The second kappa shape index (κ2) is 18.5. The van der Waals surface area contributed by atoms with Crippen LogP contribution >= 0.6 is 12.4 Å². The number of halogens is 7. The van der Waals surface area contributed by atoms with Gasteiger partial charge in [0.15, 0.2) is 6.29 Å². The van der Waals surface area contributed by atoms with Crippen molar-refractivity contribution in [2.45, 2.75) is 44.8 Å². The predicted molar refractivity (Wildman–Crippen MR) is 170 cm³/mol. The van der Waals surface area contributed by atoms with Crippen LogP contribution in [0.5, 0.6) is 0 Å². The topological polar surface area (TPSA) is 167 Å². The Balaban J connectivity index is 0.000000411. The molecule has 9 nitrogen and oxygen atoms in total. The highest BCUT2D eigenvalue weighted by Gasteiger charge is 2.30. The molecule has 2 amide bonds. The van der Waals surface area contributed by atoms with E-state index in [1.165, 1.54) is 36.5 Å². The number of nitrogens with one attached hydrogen (secondary N) is 1. The van der Waals surface area contributed by atoms with E-state index in [2.05, 4.69) is 21.0 Å². The Bertz CT molecular complexity index is 1630. The summed E-state index contributed by atoms with van der Waals surface area (Å²) in [5.74, 6) is -0.932. The summed E-state index contributed by atoms with van der Waals surface area (Å²) in [6.07, 6.45) is -5.09. The first-order chi connectivity index (χ1) is 21.9. The molecule has 48 heavy (non-hydrogen) atoms. The van der Waals surface area contributed by atoms with Gasteiger partial charge in [-0.2, -0.15) is 26.3 Å². The Hall–Kier alpha value is -4.86. The molecule has 0 saturated carbocycles.